The Kier molecular flexibility index (Phi) is 8.57. The number of carbonyl (C=O) groups is 2. The van der Waals surface area contributed by atoms with Crippen LogP contribution >= 0.6 is 34.5 Å². The SMILES string of the molecule is O=C(OCCO)c1ccc(CCC[C@H]2CCC(=O)N2CCc2cc(Cl)cc(Cl)c2)s1. The number of aliphatic hydroxyl groups excluding tert-OH is 1. The minimum absolute atomic E-state index is 0.0129. The molecule has 0 unspecified atom stereocenters. The minimum Gasteiger partial charge on any atom is -0.459 e. The molecule has 8 heteroatoms. The number of aryl methyl sites for hydroxylation is 1. The second kappa shape index (κ2) is 11.1. The van der Waals surface area contributed by atoms with Gasteiger partial charge in [0.15, 0.2) is 0 Å². The molecule has 1 saturated heterocycles. The largest absolute Gasteiger partial charge is 0.459 e. The number of esters is 1. The Morgan fingerprint density at radius 1 is 1.20 bits per heavy atom. The van der Waals surface area contributed by atoms with E-state index in [1.165, 1.54) is 11.3 Å². The third-order valence-electron chi connectivity index (χ3n) is 5.16. The fraction of sp³-hybridized carbons (Fsp3) is 0.455. The molecule has 0 spiro atoms. The highest BCUT2D eigenvalue weighted by atomic mass is 35.5. The van der Waals surface area contributed by atoms with Gasteiger partial charge in [0, 0.05) is 33.9 Å². The Bertz CT molecular complexity index is 866. The molecule has 2 aromatic rings. The van der Waals surface area contributed by atoms with E-state index in [4.69, 9.17) is 33.0 Å². The van der Waals surface area contributed by atoms with Crippen LogP contribution in [0.3, 0.4) is 0 Å². The summed E-state index contributed by atoms with van der Waals surface area (Å²) in [5.41, 5.74) is 1.03. The minimum atomic E-state index is -0.394. The number of nitrogens with zero attached hydrogens (tertiary/aromatic N) is 1. The Morgan fingerprint density at radius 3 is 2.70 bits per heavy atom. The molecule has 1 fully saturated rings. The third kappa shape index (κ3) is 6.45. The maximum Gasteiger partial charge on any atom is 0.348 e. The number of carbonyl (C=O) groups excluding carboxylic acids is 2. The van der Waals surface area contributed by atoms with Gasteiger partial charge in [0.2, 0.25) is 5.91 Å². The first kappa shape index (κ1) is 23.1. The quantitative estimate of drug-likeness (QED) is 0.509. The van der Waals surface area contributed by atoms with E-state index in [-0.39, 0.29) is 25.2 Å². The molecule has 30 heavy (non-hydrogen) atoms. The van der Waals surface area contributed by atoms with Crippen molar-refractivity contribution < 1.29 is 19.4 Å². The molecule has 2 heterocycles. The van der Waals surface area contributed by atoms with Crippen molar-refractivity contribution in [2.24, 2.45) is 0 Å². The molecule has 1 aromatic carbocycles. The van der Waals surface area contributed by atoms with E-state index in [0.717, 1.165) is 42.5 Å². The van der Waals surface area contributed by atoms with E-state index in [9.17, 15) is 9.59 Å². The summed E-state index contributed by atoms with van der Waals surface area (Å²) in [6.07, 6.45) is 4.96. The lowest BCUT2D eigenvalue weighted by Gasteiger charge is -2.25. The van der Waals surface area contributed by atoms with Gasteiger partial charge in [-0.2, -0.15) is 0 Å². The first-order valence-electron chi connectivity index (χ1n) is 10.1. The molecule has 0 saturated carbocycles. The van der Waals surface area contributed by atoms with Crippen LogP contribution in [0.5, 0.6) is 0 Å². The average Bonchev–Trinajstić information content (AvgIpc) is 3.31. The summed E-state index contributed by atoms with van der Waals surface area (Å²) in [4.78, 5) is 27.8. The molecular formula is C22H25Cl2NO4S. The van der Waals surface area contributed by atoms with Gasteiger partial charge >= 0.3 is 5.97 Å². The highest BCUT2D eigenvalue weighted by Gasteiger charge is 2.30. The van der Waals surface area contributed by atoms with Crippen molar-refractivity contribution in [3.05, 3.63) is 55.7 Å². The lowest BCUT2D eigenvalue weighted by Crippen LogP contribution is -2.34. The number of benzene rings is 1. The summed E-state index contributed by atoms with van der Waals surface area (Å²) in [7, 11) is 0. The number of amides is 1. The van der Waals surface area contributed by atoms with Crippen molar-refractivity contribution in [2.45, 2.75) is 44.6 Å². The Balaban J connectivity index is 1.48. The zero-order valence-electron chi connectivity index (χ0n) is 16.6. The van der Waals surface area contributed by atoms with Gasteiger partial charge in [-0.15, -0.1) is 11.3 Å². The van der Waals surface area contributed by atoms with E-state index < -0.39 is 5.97 Å². The number of thiophene rings is 1. The number of ether oxygens (including phenoxy) is 1. The maximum absolute atomic E-state index is 12.3. The van der Waals surface area contributed by atoms with Gasteiger partial charge in [-0.1, -0.05) is 23.2 Å². The lowest BCUT2D eigenvalue weighted by molar-refractivity contribution is -0.129. The van der Waals surface area contributed by atoms with Gasteiger partial charge in [0.25, 0.3) is 0 Å². The van der Waals surface area contributed by atoms with Gasteiger partial charge in [-0.05, 0) is 68.0 Å². The van der Waals surface area contributed by atoms with Gasteiger partial charge in [0.05, 0.1) is 6.61 Å². The standard InChI is InChI=1S/C22H25Cl2NO4S/c23-16-12-15(13-17(24)14-16)8-9-25-18(4-7-21(25)27)2-1-3-19-5-6-20(30-19)22(28)29-11-10-26/h5-6,12-14,18,26H,1-4,7-11H2/t18-/m0/s1. The van der Waals surface area contributed by atoms with Gasteiger partial charge in [-0.25, -0.2) is 4.79 Å². The van der Waals surface area contributed by atoms with E-state index in [0.29, 0.717) is 27.9 Å². The lowest BCUT2D eigenvalue weighted by atomic mass is 10.1. The first-order valence-corrected chi connectivity index (χ1v) is 11.6. The topological polar surface area (TPSA) is 66.8 Å². The van der Waals surface area contributed by atoms with Crippen LogP contribution in [0, 0.1) is 0 Å². The van der Waals surface area contributed by atoms with Crippen LogP contribution < -0.4 is 0 Å². The van der Waals surface area contributed by atoms with Crippen molar-refractivity contribution in [1.29, 1.82) is 0 Å². The third-order valence-corrected chi connectivity index (χ3v) is 6.73. The molecule has 0 radical (unpaired) electrons. The molecule has 1 amide bonds. The molecule has 162 valence electrons. The number of hydrogen-bond donors (Lipinski definition) is 1. The molecule has 1 atom stereocenters. The van der Waals surface area contributed by atoms with E-state index >= 15 is 0 Å². The van der Waals surface area contributed by atoms with Gasteiger partial charge in [-0.3, -0.25) is 4.79 Å². The fourth-order valence-electron chi connectivity index (χ4n) is 3.75. The molecule has 1 aliphatic heterocycles. The van der Waals surface area contributed by atoms with Crippen LogP contribution in [0.15, 0.2) is 30.3 Å². The Morgan fingerprint density at radius 2 is 1.97 bits per heavy atom. The molecule has 1 aliphatic rings. The Hall–Kier alpha value is -1.60. The van der Waals surface area contributed by atoms with E-state index in [2.05, 4.69) is 0 Å². The van der Waals surface area contributed by atoms with E-state index in [1.807, 2.05) is 23.1 Å². The number of rotatable bonds is 10. The van der Waals surface area contributed by atoms with Gasteiger partial charge in [0.1, 0.15) is 11.5 Å². The van der Waals surface area contributed by atoms with Crippen LogP contribution in [0.2, 0.25) is 10.0 Å². The summed E-state index contributed by atoms with van der Waals surface area (Å²) in [5.74, 6) is -0.188. The molecule has 0 aliphatic carbocycles. The van der Waals surface area contributed by atoms with Crippen molar-refractivity contribution in [3.63, 3.8) is 0 Å². The van der Waals surface area contributed by atoms with Crippen LogP contribution in [-0.4, -0.2) is 47.7 Å². The number of halogens is 2. The smallest absolute Gasteiger partial charge is 0.348 e. The number of likely N-dealkylation sites (tertiary alicyclic amines) is 1. The van der Waals surface area contributed by atoms with Crippen molar-refractivity contribution in [1.82, 2.24) is 4.90 Å². The van der Waals surface area contributed by atoms with Crippen LogP contribution in [-0.2, 0) is 22.4 Å². The zero-order valence-corrected chi connectivity index (χ0v) is 18.9. The summed E-state index contributed by atoms with van der Waals surface area (Å²) in [6.45, 7) is 0.504. The first-order chi connectivity index (χ1) is 14.5. The summed E-state index contributed by atoms with van der Waals surface area (Å²) < 4.78 is 4.94. The predicted octanol–water partition coefficient (Wildman–Crippen LogP) is 4.76. The normalized spacial score (nSPS) is 16.3. The highest BCUT2D eigenvalue weighted by molar-refractivity contribution is 7.13. The van der Waals surface area contributed by atoms with E-state index in [1.54, 1.807) is 12.1 Å². The average molecular weight is 470 g/mol. The second-order valence-electron chi connectivity index (χ2n) is 7.33. The van der Waals surface area contributed by atoms with Crippen LogP contribution in [0.1, 0.15) is 45.8 Å². The second-order valence-corrected chi connectivity index (χ2v) is 9.37. The van der Waals surface area contributed by atoms with Crippen LogP contribution in [0.4, 0.5) is 0 Å². The molecule has 3 rings (SSSR count). The zero-order chi connectivity index (χ0) is 21.5. The number of aliphatic hydroxyl groups is 1. The molecule has 0 bridgehead atoms. The summed E-state index contributed by atoms with van der Waals surface area (Å²) >= 11 is 13.6. The van der Waals surface area contributed by atoms with Crippen LogP contribution in [0.25, 0.3) is 0 Å². The van der Waals surface area contributed by atoms with Gasteiger partial charge < -0.3 is 14.7 Å². The number of hydrogen-bond acceptors (Lipinski definition) is 5. The molecule has 5 nitrogen and oxygen atoms in total. The highest BCUT2D eigenvalue weighted by Crippen LogP contribution is 2.26. The molecule has 1 aromatic heterocycles. The maximum atomic E-state index is 12.3. The predicted molar refractivity (Wildman–Crippen MR) is 120 cm³/mol. The van der Waals surface area contributed by atoms with Crippen molar-refractivity contribution in [3.8, 4) is 0 Å². The molecule has 1 N–H and O–H groups in total. The van der Waals surface area contributed by atoms with Crippen molar-refractivity contribution >= 4 is 46.4 Å². The summed E-state index contributed by atoms with van der Waals surface area (Å²) in [5, 5.41) is 9.96. The monoisotopic (exact) mass is 469 g/mol. The summed E-state index contributed by atoms with van der Waals surface area (Å²) in [6, 6.07) is 9.45. The fourth-order valence-corrected chi connectivity index (χ4v) is 5.26. The molecular weight excluding hydrogens is 445 g/mol. The Labute approximate surface area is 190 Å². The van der Waals surface area contributed by atoms with Crippen molar-refractivity contribution in [2.75, 3.05) is 19.8 Å².